The van der Waals surface area contributed by atoms with Crippen molar-refractivity contribution in [3.63, 3.8) is 0 Å². The van der Waals surface area contributed by atoms with Gasteiger partial charge >= 0.3 is 0 Å². The number of hydrogen-bond donors (Lipinski definition) is 2. The zero-order valence-electron chi connectivity index (χ0n) is 22.5. The topological polar surface area (TPSA) is 24.1 Å². The van der Waals surface area contributed by atoms with Gasteiger partial charge in [0, 0.05) is 34.3 Å². The number of rotatable bonds is 1. The van der Waals surface area contributed by atoms with Crippen LogP contribution in [0.15, 0.2) is 89.1 Å². The molecule has 0 aromatic heterocycles. The summed E-state index contributed by atoms with van der Waals surface area (Å²) in [5, 5.41) is 7.11. The predicted molar refractivity (Wildman–Crippen MR) is 152 cm³/mol. The summed E-state index contributed by atoms with van der Waals surface area (Å²) in [5.74, 6) is 0.765. The summed E-state index contributed by atoms with van der Waals surface area (Å²) in [7, 11) is 7.00. The van der Waals surface area contributed by atoms with Gasteiger partial charge in [0.15, 0.2) is 0 Å². The third kappa shape index (κ3) is 5.99. The molecular formula is C31H39HfN2Si-. The monoisotopic (exact) mass is 647 g/mol. The number of allylic oxidation sites excluding steroid dienone is 8. The molecule has 0 saturated carbocycles. The van der Waals surface area contributed by atoms with E-state index >= 15 is 0 Å². The second-order valence-corrected chi connectivity index (χ2v) is 11.9. The van der Waals surface area contributed by atoms with Crippen molar-refractivity contribution in [2.45, 2.75) is 32.9 Å². The minimum atomic E-state index is -0.503. The van der Waals surface area contributed by atoms with Crippen molar-refractivity contribution >= 4 is 13.6 Å². The number of hydrogen-bond acceptors (Lipinski definition) is 2. The van der Waals surface area contributed by atoms with E-state index in [-0.39, 0.29) is 25.8 Å². The van der Waals surface area contributed by atoms with Gasteiger partial charge in [0.05, 0.1) is 0 Å². The summed E-state index contributed by atoms with van der Waals surface area (Å²) in [5.41, 5.74) is 11.2. The fourth-order valence-corrected chi connectivity index (χ4v) is 6.71. The molecule has 0 spiro atoms. The van der Waals surface area contributed by atoms with E-state index in [4.69, 9.17) is 0 Å². The zero-order chi connectivity index (χ0) is 24.8. The van der Waals surface area contributed by atoms with E-state index in [0.29, 0.717) is 11.8 Å². The van der Waals surface area contributed by atoms with Crippen LogP contribution in [0.2, 0.25) is 13.1 Å². The molecular weight excluding hydrogens is 607 g/mol. The fraction of sp³-hybridized carbons (Fsp3) is 0.323. The summed E-state index contributed by atoms with van der Waals surface area (Å²) >= 11 is 0. The van der Waals surface area contributed by atoms with Crippen molar-refractivity contribution in [2.75, 3.05) is 28.2 Å². The van der Waals surface area contributed by atoms with E-state index in [1.165, 1.54) is 44.5 Å². The predicted octanol–water partition coefficient (Wildman–Crippen LogP) is 6.17. The summed E-state index contributed by atoms with van der Waals surface area (Å²) in [6.07, 6.45) is 10.6. The van der Waals surface area contributed by atoms with Crippen molar-refractivity contribution in [3.8, 4) is 11.1 Å². The van der Waals surface area contributed by atoms with Crippen LogP contribution in [0.25, 0.3) is 11.1 Å². The van der Waals surface area contributed by atoms with Crippen molar-refractivity contribution in [3.05, 3.63) is 106 Å². The molecule has 0 radical (unpaired) electrons. The van der Waals surface area contributed by atoms with Gasteiger partial charge in [0.1, 0.15) is 0 Å². The Bertz CT molecular complexity index is 1150. The van der Waals surface area contributed by atoms with Gasteiger partial charge in [0.25, 0.3) is 0 Å². The van der Waals surface area contributed by atoms with Crippen molar-refractivity contribution < 1.29 is 25.8 Å². The van der Waals surface area contributed by atoms with Gasteiger partial charge < -0.3 is 10.6 Å². The third-order valence-electron chi connectivity index (χ3n) is 6.44. The molecule has 2 N–H and O–H groups in total. The first-order chi connectivity index (χ1) is 16.4. The van der Waals surface area contributed by atoms with Crippen LogP contribution in [-0.2, 0) is 25.8 Å². The molecule has 3 aliphatic rings. The quantitative estimate of drug-likeness (QED) is 0.287. The van der Waals surface area contributed by atoms with Crippen LogP contribution < -0.4 is 10.6 Å². The van der Waals surface area contributed by atoms with E-state index in [9.17, 15) is 0 Å². The smallest absolute Gasteiger partial charge is 0.00715 e. The van der Waals surface area contributed by atoms with E-state index in [1.54, 1.807) is 5.17 Å². The average Bonchev–Trinajstić information content (AvgIpc) is 3.25. The molecule has 1 atom stereocenters. The number of fused-ring (bicyclic) bond motifs is 4. The summed E-state index contributed by atoms with van der Waals surface area (Å²) in [6.45, 7) is 9.47. The molecule has 0 heterocycles. The van der Waals surface area contributed by atoms with Crippen LogP contribution >= 0.6 is 0 Å². The Labute approximate surface area is 233 Å². The maximum Gasteiger partial charge on any atom is 0.00715 e. The minimum Gasteiger partial charge on any atom is -0.323 e. The Balaban J connectivity index is 0.000000564. The average molecular weight is 646 g/mol. The second-order valence-electron chi connectivity index (χ2n) is 9.30. The third-order valence-corrected chi connectivity index (χ3v) is 8.20. The van der Waals surface area contributed by atoms with E-state index < -0.39 is 8.41 Å². The second kappa shape index (κ2) is 13.5. The van der Waals surface area contributed by atoms with Gasteiger partial charge in [-0.25, -0.2) is 0 Å². The van der Waals surface area contributed by atoms with Gasteiger partial charge in [-0.1, -0.05) is 86.7 Å². The molecule has 0 amide bonds. The van der Waals surface area contributed by atoms with E-state index in [0.717, 1.165) is 0 Å². The van der Waals surface area contributed by atoms with Crippen LogP contribution in [-0.4, -0.2) is 41.8 Å². The van der Waals surface area contributed by atoms with Crippen molar-refractivity contribution in [1.29, 1.82) is 0 Å². The van der Waals surface area contributed by atoms with Gasteiger partial charge in [-0.15, -0.1) is 29.4 Å². The first-order valence-electron chi connectivity index (χ1n) is 12.2. The maximum atomic E-state index is 3.72. The summed E-state index contributed by atoms with van der Waals surface area (Å²) < 4.78 is 0. The molecule has 182 valence electrons. The van der Waals surface area contributed by atoms with Gasteiger partial charge in [0.2, 0.25) is 0 Å². The minimum absolute atomic E-state index is 0. The molecule has 35 heavy (non-hydrogen) atoms. The summed E-state index contributed by atoms with van der Waals surface area (Å²) in [6, 6.07) is 17.9. The first kappa shape index (κ1) is 29.5. The standard InChI is InChI=1S/C27H25Si.2C2H7N.Hf/c1-17-16-19-10-9-15-24(28(3)4)18(2)26(19)25(17)27-22-13-7-5-11-20(22)21-12-6-8-14-23(21)27;2*1-3-2;/h5-15,18,27H,1-4H3;2*3H,1-2H3;/q-1;;;. The SMILES string of the molecule is CC1=[C-]C2=CC=CC(=[Si](C)C)C(C)C2=C1C1c2ccccc2-c2ccccc21.CNC.CNC.[Hf]. The molecule has 2 nitrogen and oxygen atoms in total. The molecule has 0 fully saturated rings. The van der Waals surface area contributed by atoms with Crippen LogP contribution in [0.4, 0.5) is 0 Å². The van der Waals surface area contributed by atoms with Crippen molar-refractivity contribution in [2.24, 2.45) is 5.92 Å². The van der Waals surface area contributed by atoms with Gasteiger partial charge in [-0.3, -0.25) is 0 Å². The Morgan fingerprint density at radius 3 is 1.77 bits per heavy atom. The molecule has 4 heteroatoms. The normalized spacial score (nSPS) is 17.4. The number of nitrogens with one attached hydrogen (secondary N) is 2. The Morgan fingerprint density at radius 2 is 1.29 bits per heavy atom. The van der Waals surface area contributed by atoms with Crippen LogP contribution in [0.5, 0.6) is 0 Å². The molecule has 2 aromatic rings. The fourth-order valence-electron chi connectivity index (χ4n) is 5.27. The van der Waals surface area contributed by atoms with Gasteiger partial charge in [-0.2, -0.15) is 11.1 Å². The first-order valence-corrected chi connectivity index (χ1v) is 14.7. The molecule has 0 saturated heterocycles. The number of benzene rings is 2. The maximum absolute atomic E-state index is 3.72. The molecule has 1 unspecified atom stereocenters. The van der Waals surface area contributed by atoms with E-state index in [2.05, 4.69) is 110 Å². The molecule has 3 aliphatic carbocycles. The molecule has 0 aliphatic heterocycles. The molecule has 5 rings (SSSR count). The van der Waals surface area contributed by atoms with Crippen molar-refractivity contribution in [1.82, 2.24) is 10.6 Å². The Hall–Kier alpha value is -1.72. The Morgan fingerprint density at radius 1 is 0.800 bits per heavy atom. The van der Waals surface area contributed by atoms with Gasteiger partial charge in [-0.05, 0) is 62.3 Å². The van der Waals surface area contributed by atoms with Crippen LogP contribution in [0, 0.1) is 12.0 Å². The van der Waals surface area contributed by atoms with Crippen LogP contribution in [0.1, 0.15) is 30.9 Å². The summed E-state index contributed by atoms with van der Waals surface area (Å²) in [4.78, 5) is 0. The van der Waals surface area contributed by atoms with E-state index in [1.807, 2.05) is 28.2 Å². The largest absolute Gasteiger partial charge is 0.323 e. The molecule has 2 aromatic carbocycles. The molecule has 0 bridgehead atoms. The van der Waals surface area contributed by atoms with Crippen LogP contribution in [0.3, 0.4) is 0 Å². The zero-order valence-corrected chi connectivity index (χ0v) is 27.1. The Kier molecular flexibility index (Phi) is 11.4.